The molecule has 0 aliphatic heterocycles. The van der Waals surface area contributed by atoms with Crippen LogP contribution in [-0.2, 0) is 14.1 Å². The summed E-state index contributed by atoms with van der Waals surface area (Å²) in [5.74, 6) is -0.476. The van der Waals surface area contributed by atoms with E-state index in [1.54, 1.807) is 79.7 Å². The van der Waals surface area contributed by atoms with Crippen LogP contribution in [0.4, 0.5) is 0 Å². The third-order valence-electron chi connectivity index (χ3n) is 5.42. The number of methoxy groups -OCH3 is 1. The Kier molecular flexibility index (Phi) is 9.65. The van der Waals surface area contributed by atoms with Crippen LogP contribution >= 0.6 is 7.80 Å². The first kappa shape index (κ1) is 27.3. The lowest BCUT2D eigenvalue weighted by Crippen LogP contribution is -2.09. The largest absolute Gasteiger partial charge is 0.466 e. The first-order valence-electron chi connectivity index (χ1n) is 11.5. The summed E-state index contributed by atoms with van der Waals surface area (Å²) in [7, 11) is -0.899. The van der Waals surface area contributed by atoms with Crippen molar-refractivity contribution >= 4 is 35.9 Å². The summed E-state index contributed by atoms with van der Waals surface area (Å²) in [5, 5.41) is 1.35. The zero-order valence-electron chi connectivity index (χ0n) is 20.6. The highest BCUT2D eigenvalue weighted by Gasteiger charge is 2.13. The van der Waals surface area contributed by atoms with Crippen LogP contribution in [-0.4, -0.2) is 24.6 Å². The zero-order chi connectivity index (χ0) is 26.8. The van der Waals surface area contributed by atoms with Crippen LogP contribution < -0.4 is 10.6 Å². The number of ether oxygens (including phenoxy) is 1. The Labute approximate surface area is 217 Å². The minimum atomic E-state index is -2.23. The molecule has 0 aliphatic carbocycles. The van der Waals surface area contributed by atoms with Crippen LogP contribution in [0.15, 0.2) is 121 Å². The molecule has 0 spiro atoms. The predicted octanol–water partition coefficient (Wildman–Crippen LogP) is 5.39. The maximum atomic E-state index is 13.0. The number of ketones is 2. The lowest BCUT2D eigenvalue weighted by molar-refractivity contribution is -0.136. The molecule has 0 saturated heterocycles. The third-order valence-corrected chi connectivity index (χ3v) is 7.14. The summed E-state index contributed by atoms with van der Waals surface area (Å²) < 4.78 is 17.2. The summed E-state index contributed by atoms with van der Waals surface area (Å²) in [4.78, 5) is 35.2. The van der Waals surface area contributed by atoms with Crippen molar-refractivity contribution in [1.29, 1.82) is 0 Å². The van der Waals surface area contributed by atoms with Crippen LogP contribution in [0.3, 0.4) is 0 Å². The van der Waals surface area contributed by atoms with E-state index in [0.717, 1.165) is 0 Å². The third kappa shape index (κ3) is 7.33. The normalized spacial score (nSPS) is 10.1. The number of carbonyl (C=O) groups excluding carboxylic acids is 3. The van der Waals surface area contributed by atoms with Gasteiger partial charge in [0.2, 0.25) is 0 Å². The molecule has 0 bridgehead atoms. The molecule has 186 valence electrons. The molecule has 0 aromatic heterocycles. The molecule has 4 aromatic rings. The van der Waals surface area contributed by atoms with E-state index in [2.05, 4.69) is 11.3 Å². The Morgan fingerprint density at radius 2 is 0.919 bits per heavy atom. The number of esters is 1. The second kappa shape index (κ2) is 13.1. The number of hydrogen-bond donors (Lipinski definition) is 0. The summed E-state index contributed by atoms with van der Waals surface area (Å²) in [6.07, 6.45) is 0. The molecule has 0 saturated carbocycles. The number of rotatable bonds is 7. The van der Waals surface area contributed by atoms with E-state index < -0.39 is 7.80 Å². The first-order chi connectivity index (χ1) is 17.8. The molecule has 0 heterocycles. The molecule has 4 rings (SSSR count). The Hall–Kier alpha value is -4.34. The van der Waals surface area contributed by atoms with Gasteiger partial charge in [0.05, 0.1) is 7.11 Å². The Balaban J connectivity index is 0.000000479. The van der Waals surface area contributed by atoms with E-state index in [4.69, 9.17) is 0 Å². The molecule has 4 aromatic carbocycles. The predicted molar refractivity (Wildman–Crippen MR) is 148 cm³/mol. The van der Waals surface area contributed by atoms with Gasteiger partial charge in [-0.15, -0.1) is 0 Å². The molecule has 0 radical (unpaired) electrons. The summed E-state index contributed by atoms with van der Waals surface area (Å²) in [6, 6.07) is 31.9. The fraction of sp³-hybridized carbons (Fsp3) is 0.0645. The van der Waals surface area contributed by atoms with Crippen molar-refractivity contribution in [3.8, 4) is 0 Å². The highest BCUT2D eigenvalue weighted by atomic mass is 31.1. The average Bonchev–Trinajstić information content (AvgIpc) is 2.97. The van der Waals surface area contributed by atoms with Crippen LogP contribution in [0.2, 0.25) is 0 Å². The second-order valence-electron chi connectivity index (χ2n) is 8.15. The Morgan fingerprint density at radius 3 is 1.19 bits per heavy atom. The summed E-state index contributed by atoms with van der Waals surface area (Å²) in [5.41, 5.74) is 2.79. The molecule has 0 fully saturated rings. The van der Waals surface area contributed by atoms with Crippen LogP contribution in [0.25, 0.3) is 0 Å². The van der Waals surface area contributed by atoms with Gasteiger partial charge in [-0.3, -0.25) is 9.59 Å². The topological polar surface area (TPSA) is 77.5 Å². The van der Waals surface area contributed by atoms with Gasteiger partial charge in [-0.2, -0.15) is 0 Å². The van der Waals surface area contributed by atoms with E-state index >= 15 is 0 Å². The van der Waals surface area contributed by atoms with Gasteiger partial charge in [-0.25, -0.2) is 4.79 Å². The van der Waals surface area contributed by atoms with Gasteiger partial charge in [0.1, 0.15) is 7.80 Å². The standard InChI is InChI=1S/C26H19O3P.C5H8O2/c27-25(19-7-3-1-4-8-19)21-11-15-23(16-12-21)30(29)24-17-13-22(14-18-24)26(28)20-9-5-2-6-10-20;1-4(2)5(6)7-3/h1-18,30H;1H2,2-3H3. The van der Waals surface area contributed by atoms with Crippen molar-refractivity contribution in [1.82, 2.24) is 0 Å². The molecule has 0 aliphatic rings. The number of benzene rings is 4. The Morgan fingerprint density at radius 1 is 0.595 bits per heavy atom. The van der Waals surface area contributed by atoms with E-state index in [1.807, 2.05) is 36.4 Å². The van der Waals surface area contributed by atoms with Crippen molar-refractivity contribution < 1.29 is 23.7 Å². The van der Waals surface area contributed by atoms with Crippen LogP contribution in [0, 0.1) is 0 Å². The molecule has 37 heavy (non-hydrogen) atoms. The summed E-state index contributed by atoms with van der Waals surface area (Å²) in [6.45, 7) is 4.95. The van der Waals surface area contributed by atoms with Crippen molar-refractivity contribution in [2.45, 2.75) is 6.92 Å². The fourth-order valence-corrected chi connectivity index (χ4v) is 4.67. The second-order valence-corrected chi connectivity index (χ2v) is 9.96. The van der Waals surface area contributed by atoms with Crippen molar-refractivity contribution in [2.75, 3.05) is 7.11 Å². The van der Waals surface area contributed by atoms with Crippen molar-refractivity contribution in [3.05, 3.63) is 144 Å². The molecule has 6 heteroatoms. The fourth-order valence-electron chi connectivity index (χ4n) is 3.40. The molecule has 0 N–H and O–H groups in total. The van der Waals surface area contributed by atoms with Crippen molar-refractivity contribution in [3.63, 3.8) is 0 Å². The van der Waals surface area contributed by atoms with E-state index in [1.165, 1.54) is 7.11 Å². The first-order valence-corrected chi connectivity index (χ1v) is 12.9. The van der Waals surface area contributed by atoms with Gasteiger partial charge in [-0.05, 0) is 6.92 Å². The van der Waals surface area contributed by atoms with Gasteiger partial charge < -0.3 is 9.30 Å². The highest BCUT2D eigenvalue weighted by molar-refractivity contribution is 7.61. The van der Waals surface area contributed by atoms with E-state index in [0.29, 0.717) is 38.4 Å². The van der Waals surface area contributed by atoms with Gasteiger partial charge in [-0.1, -0.05) is 116 Å². The van der Waals surface area contributed by atoms with Crippen molar-refractivity contribution in [2.24, 2.45) is 0 Å². The van der Waals surface area contributed by atoms with Crippen LogP contribution in [0.1, 0.15) is 38.8 Å². The van der Waals surface area contributed by atoms with Gasteiger partial charge in [0.15, 0.2) is 11.6 Å². The van der Waals surface area contributed by atoms with E-state index in [-0.39, 0.29) is 17.5 Å². The quantitative estimate of drug-likeness (QED) is 0.144. The zero-order valence-corrected chi connectivity index (χ0v) is 21.6. The Bertz CT molecular complexity index is 1310. The molecule has 0 atom stereocenters. The molecule has 0 amide bonds. The van der Waals surface area contributed by atoms with Gasteiger partial charge in [0.25, 0.3) is 0 Å². The molecule has 5 nitrogen and oxygen atoms in total. The maximum absolute atomic E-state index is 13.0. The highest BCUT2D eigenvalue weighted by Crippen LogP contribution is 2.21. The average molecular weight is 511 g/mol. The molecule has 0 unspecified atom stereocenters. The van der Waals surface area contributed by atoms with Crippen LogP contribution in [0.5, 0.6) is 0 Å². The van der Waals surface area contributed by atoms with Gasteiger partial charge in [0, 0.05) is 38.4 Å². The minimum Gasteiger partial charge on any atom is -0.466 e. The number of carbonyl (C=O) groups is 3. The lowest BCUT2D eigenvalue weighted by atomic mass is 10.0. The molecular formula is C31H27O5P. The number of hydrogen-bond acceptors (Lipinski definition) is 5. The monoisotopic (exact) mass is 510 g/mol. The maximum Gasteiger partial charge on any atom is 0.332 e. The minimum absolute atomic E-state index is 0.0643. The summed E-state index contributed by atoms with van der Waals surface area (Å²) >= 11 is 0. The lowest BCUT2D eigenvalue weighted by Gasteiger charge is -2.06. The smallest absolute Gasteiger partial charge is 0.332 e. The van der Waals surface area contributed by atoms with E-state index in [9.17, 15) is 18.9 Å². The SMILES string of the molecule is C=C(C)C(=O)OC.O=C(c1ccccc1)c1ccc([PH](=O)c2ccc(C(=O)c3ccccc3)cc2)cc1. The van der Waals surface area contributed by atoms with Gasteiger partial charge >= 0.3 is 5.97 Å². The molecular weight excluding hydrogens is 483 g/mol.